The van der Waals surface area contributed by atoms with Gasteiger partial charge < -0.3 is 23.7 Å². The standard InChI is InChI=1S/C35H31NO7/c37-32-26-18-10-11-19-27(26)33(38)36(32)29-31(39-20-23-12-4-1-5-13-23)30-28(22-41-34(43-30)25-16-8-3-9-17-25)42-35(29)40-21-24-14-6-2-7-15-24/h1-19,28-31,34-35H,20-22H2/t28-,29-,30-,31-,34-,35-/m1/s1. The normalized spacial score (nSPS) is 26.7. The van der Waals surface area contributed by atoms with Crippen LogP contribution in [0.2, 0.25) is 0 Å². The minimum atomic E-state index is -0.995. The maximum atomic E-state index is 13.9. The SMILES string of the molecule is O=C1c2ccccc2C(=O)N1[C@H]1[C@H](OCc2ccccc2)O[C@@H]2CO[C@@H](c3ccccc3)O[C@H]2[C@@H]1OCc1ccccc1. The molecule has 0 radical (unpaired) electrons. The molecule has 0 unspecified atom stereocenters. The number of benzene rings is 4. The molecule has 0 aromatic heterocycles. The lowest BCUT2D eigenvalue weighted by atomic mass is 9.94. The molecule has 0 bridgehead atoms. The molecular weight excluding hydrogens is 546 g/mol. The second kappa shape index (κ2) is 12.2. The van der Waals surface area contributed by atoms with Crippen molar-refractivity contribution < 1.29 is 33.3 Å². The molecule has 7 rings (SSSR count). The van der Waals surface area contributed by atoms with Gasteiger partial charge in [-0.25, -0.2) is 0 Å². The first-order chi connectivity index (χ1) is 21.2. The molecule has 0 saturated carbocycles. The number of nitrogens with zero attached hydrogens (tertiary/aromatic N) is 1. The summed E-state index contributed by atoms with van der Waals surface area (Å²) >= 11 is 0. The molecule has 8 heteroatoms. The molecule has 2 amide bonds. The zero-order chi connectivity index (χ0) is 29.2. The molecule has 8 nitrogen and oxygen atoms in total. The molecule has 0 spiro atoms. The number of hydrogen-bond donors (Lipinski definition) is 0. The Bertz CT molecular complexity index is 1530. The summed E-state index contributed by atoms with van der Waals surface area (Å²) in [5.41, 5.74) is 3.40. The molecule has 2 saturated heterocycles. The van der Waals surface area contributed by atoms with E-state index in [4.69, 9.17) is 23.7 Å². The van der Waals surface area contributed by atoms with Crippen LogP contribution in [0.25, 0.3) is 0 Å². The van der Waals surface area contributed by atoms with Gasteiger partial charge in [0.2, 0.25) is 0 Å². The van der Waals surface area contributed by atoms with E-state index in [0.29, 0.717) is 11.1 Å². The van der Waals surface area contributed by atoms with Gasteiger partial charge in [-0.05, 0) is 23.3 Å². The van der Waals surface area contributed by atoms with E-state index in [9.17, 15) is 9.59 Å². The van der Waals surface area contributed by atoms with Crippen LogP contribution in [0.3, 0.4) is 0 Å². The Morgan fingerprint density at radius 1 is 0.651 bits per heavy atom. The van der Waals surface area contributed by atoms with Crippen molar-refractivity contribution in [2.75, 3.05) is 6.61 Å². The van der Waals surface area contributed by atoms with E-state index in [0.717, 1.165) is 16.7 Å². The predicted octanol–water partition coefficient (Wildman–Crippen LogP) is 5.29. The Labute approximate surface area is 249 Å². The lowest BCUT2D eigenvalue weighted by molar-refractivity contribution is -0.355. The van der Waals surface area contributed by atoms with Gasteiger partial charge in [0.15, 0.2) is 12.6 Å². The Morgan fingerprint density at radius 3 is 1.79 bits per heavy atom. The van der Waals surface area contributed by atoms with Gasteiger partial charge in [-0.2, -0.15) is 0 Å². The molecule has 0 aliphatic carbocycles. The minimum absolute atomic E-state index is 0.211. The number of imide groups is 1. The van der Waals surface area contributed by atoms with E-state index in [2.05, 4.69) is 0 Å². The van der Waals surface area contributed by atoms with Crippen molar-refractivity contribution >= 4 is 11.8 Å². The summed E-state index contributed by atoms with van der Waals surface area (Å²) < 4.78 is 32.2. The number of carbonyl (C=O) groups is 2. The zero-order valence-corrected chi connectivity index (χ0v) is 23.4. The van der Waals surface area contributed by atoms with Crippen LogP contribution in [0.1, 0.15) is 43.7 Å². The smallest absolute Gasteiger partial charge is 0.262 e. The Kier molecular flexibility index (Phi) is 7.84. The summed E-state index contributed by atoms with van der Waals surface area (Å²) in [6.45, 7) is 0.664. The molecule has 4 aromatic carbocycles. The van der Waals surface area contributed by atoms with E-state index in [1.807, 2.05) is 91.0 Å². The van der Waals surface area contributed by atoms with Crippen molar-refractivity contribution in [2.24, 2.45) is 0 Å². The predicted molar refractivity (Wildman–Crippen MR) is 156 cm³/mol. The highest BCUT2D eigenvalue weighted by Gasteiger charge is 2.57. The Morgan fingerprint density at radius 2 is 1.19 bits per heavy atom. The molecular formula is C35H31NO7. The molecule has 4 aromatic rings. The second-order valence-corrected chi connectivity index (χ2v) is 10.8. The summed E-state index contributed by atoms with van der Waals surface area (Å²) in [5.74, 6) is -0.832. The summed E-state index contributed by atoms with van der Waals surface area (Å²) in [6, 6.07) is 35.0. The largest absolute Gasteiger partial charge is 0.368 e. The molecule has 43 heavy (non-hydrogen) atoms. The fraction of sp³-hybridized carbons (Fsp3) is 0.257. The van der Waals surface area contributed by atoms with Crippen LogP contribution >= 0.6 is 0 Å². The monoisotopic (exact) mass is 577 g/mol. The van der Waals surface area contributed by atoms with Gasteiger partial charge in [0.05, 0.1) is 30.9 Å². The first-order valence-electron chi connectivity index (χ1n) is 14.4. The third-order valence-corrected chi connectivity index (χ3v) is 8.04. The van der Waals surface area contributed by atoms with E-state index in [1.54, 1.807) is 24.3 Å². The number of carbonyl (C=O) groups excluding carboxylic acids is 2. The van der Waals surface area contributed by atoms with E-state index in [-0.39, 0.29) is 19.8 Å². The van der Waals surface area contributed by atoms with Crippen molar-refractivity contribution in [3.05, 3.63) is 143 Å². The summed E-state index contributed by atoms with van der Waals surface area (Å²) in [5, 5.41) is 0. The van der Waals surface area contributed by atoms with Crippen LogP contribution in [-0.2, 0) is 36.9 Å². The molecule has 0 N–H and O–H groups in total. The van der Waals surface area contributed by atoms with Gasteiger partial charge in [0, 0.05) is 5.56 Å². The van der Waals surface area contributed by atoms with Gasteiger partial charge >= 0.3 is 0 Å². The van der Waals surface area contributed by atoms with Crippen LogP contribution in [0.15, 0.2) is 115 Å². The van der Waals surface area contributed by atoms with Crippen LogP contribution in [0.5, 0.6) is 0 Å². The molecule has 6 atom stereocenters. The molecule has 218 valence electrons. The van der Waals surface area contributed by atoms with Crippen LogP contribution < -0.4 is 0 Å². The van der Waals surface area contributed by atoms with Crippen molar-refractivity contribution in [3.63, 3.8) is 0 Å². The van der Waals surface area contributed by atoms with E-state index >= 15 is 0 Å². The minimum Gasteiger partial charge on any atom is -0.368 e. The third kappa shape index (κ3) is 5.51. The van der Waals surface area contributed by atoms with Crippen LogP contribution in [0.4, 0.5) is 0 Å². The first-order valence-corrected chi connectivity index (χ1v) is 14.4. The first kappa shape index (κ1) is 27.6. The van der Waals surface area contributed by atoms with Crippen LogP contribution in [-0.4, -0.2) is 54.0 Å². The van der Waals surface area contributed by atoms with Crippen LogP contribution in [0, 0.1) is 0 Å². The number of ether oxygens (including phenoxy) is 5. The number of fused-ring (bicyclic) bond motifs is 2. The summed E-state index contributed by atoms with van der Waals surface area (Å²) in [7, 11) is 0. The van der Waals surface area contributed by atoms with Crippen molar-refractivity contribution in [3.8, 4) is 0 Å². The molecule has 2 fully saturated rings. The highest BCUT2D eigenvalue weighted by molar-refractivity contribution is 6.21. The molecule has 3 aliphatic heterocycles. The number of hydrogen-bond acceptors (Lipinski definition) is 7. The quantitative estimate of drug-likeness (QED) is 0.263. The number of rotatable bonds is 8. The highest BCUT2D eigenvalue weighted by Crippen LogP contribution is 2.40. The van der Waals surface area contributed by atoms with Gasteiger partial charge in [-0.15, -0.1) is 0 Å². The fourth-order valence-corrected chi connectivity index (χ4v) is 5.94. The zero-order valence-electron chi connectivity index (χ0n) is 23.4. The molecule has 3 aliphatic rings. The average molecular weight is 578 g/mol. The lowest BCUT2D eigenvalue weighted by Gasteiger charge is -2.50. The third-order valence-electron chi connectivity index (χ3n) is 8.04. The topological polar surface area (TPSA) is 83.5 Å². The maximum absolute atomic E-state index is 13.9. The van der Waals surface area contributed by atoms with Gasteiger partial charge in [0.25, 0.3) is 11.8 Å². The summed E-state index contributed by atoms with van der Waals surface area (Å²) in [6.07, 6.45) is -3.66. The maximum Gasteiger partial charge on any atom is 0.262 e. The average Bonchev–Trinajstić information content (AvgIpc) is 3.32. The van der Waals surface area contributed by atoms with Gasteiger partial charge in [-0.1, -0.05) is 103 Å². The van der Waals surface area contributed by atoms with Crippen molar-refractivity contribution in [1.82, 2.24) is 4.90 Å². The van der Waals surface area contributed by atoms with E-state index in [1.165, 1.54) is 4.90 Å². The van der Waals surface area contributed by atoms with Gasteiger partial charge in [0.1, 0.15) is 24.4 Å². The van der Waals surface area contributed by atoms with Crippen molar-refractivity contribution in [1.29, 1.82) is 0 Å². The second-order valence-electron chi connectivity index (χ2n) is 10.8. The van der Waals surface area contributed by atoms with E-state index < -0.39 is 48.7 Å². The lowest BCUT2D eigenvalue weighted by Crippen LogP contribution is -2.68. The highest BCUT2D eigenvalue weighted by atomic mass is 16.7. The van der Waals surface area contributed by atoms with Gasteiger partial charge in [-0.3, -0.25) is 14.5 Å². The fourth-order valence-electron chi connectivity index (χ4n) is 5.94. The summed E-state index contributed by atoms with van der Waals surface area (Å²) in [4.78, 5) is 29.0. The Hall–Kier alpha value is -4.18. The Balaban J connectivity index is 1.26. The number of amides is 2. The van der Waals surface area contributed by atoms with Crippen molar-refractivity contribution in [2.45, 2.75) is 50.1 Å². The molecule has 3 heterocycles.